The molecule has 1 atom stereocenters. The largest absolute Gasteiger partial charge is 0.508 e. The summed E-state index contributed by atoms with van der Waals surface area (Å²) in [5, 5.41) is 22.4. The summed E-state index contributed by atoms with van der Waals surface area (Å²) in [7, 11) is 4.10. The van der Waals surface area contributed by atoms with Gasteiger partial charge in [0, 0.05) is 30.8 Å². The Balaban J connectivity index is 2.61. The van der Waals surface area contributed by atoms with E-state index in [0.29, 0.717) is 18.5 Å². The number of nitrogens with one attached hydrogen (secondary N) is 1. The van der Waals surface area contributed by atoms with Crippen LogP contribution in [0.1, 0.15) is 19.4 Å². The van der Waals surface area contributed by atoms with Crippen LogP contribution >= 0.6 is 0 Å². The van der Waals surface area contributed by atoms with Crippen molar-refractivity contribution < 1.29 is 10.2 Å². The van der Waals surface area contributed by atoms with Gasteiger partial charge in [-0.25, -0.2) is 0 Å². The molecule has 0 aromatic heterocycles. The van der Waals surface area contributed by atoms with Gasteiger partial charge in [-0.3, -0.25) is 0 Å². The first-order valence-electron chi connectivity index (χ1n) is 6.29. The summed E-state index contributed by atoms with van der Waals surface area (Å²) >= 11 is 0. The fourth-order valence-corrected chi connectivity index (χ4v) is 1.85. The minimum atomic E-state index is 0.0879. The van der Waals surface area contributed by atoms with E-state index in [-0.39, 0.29) is 11.5 Å². The second-order valence-corrected chi connectivity index (χ2v) is 5.31. The van der Waals surface area contributed by atoms with Crippen LogP contribution in [-0.4, -0.2) is 41.8 Å². The average Bonchev–Trinajstić information content (AvgIpc) is 2.25. The molecule has 1 rings (SSSR count). The Morgan fingerprint density at radius 2 is 1.89 bits per heavy atom. The molecular weight excluding hydrogens is 228 g/mol. The van der Waals surface area contributed by atoms with E-state index in [2.05, 4.69) is 38.2 Å². The summed E-state index contributed by atoms with van der Waals surface area (Å²) in [6.07, 6.45) is 0. The van der Waals surface area contributed by atoms with Gasteiger partial charge < -0.3 is 20.4 Å². The Kier molecular flexibility index (Phi) is 5.44. The molecule has 0 saturated heterocycles. The third kappa shape index (κ3) is 4.55. The fourth-order valence-electron chi connectivity index (χ4n) is 1.85. The highest BCUT2D eigenvalue weighted by Gasteiger charge is 2.14. The number of benzene rings is 1. The second-order valence-electron chi connectivity index (χ2n) is 5.31. The highest BCUT2D eigenvalue weighted by molar-refractivity contribution is 5.38. The lowest BCUT2D eigenvalue weighted by atomic mass is 10.0. The summed E-state index contributed by atoms with van der Waals surface area (Å²) in [6, 6.07) is 5.07. The van der Waals surface area contributed by atoms with Gasteiger partial charge in [-0.05, 0) is 26.1 Å². The van der Waals surface area contributed by atoms with Crippen molar-refractivity contribution in [1.82, 2.24) is 10.2 Å². The zero-order chi connectivity index (χ0) is 13.7. The van der Waals surface area contributed by atoms with Crippen LogP contribution in [-0.2, 0) is 6.54 Å². The van der Waals surface area contributed by atoms with Crippen LogP contribution in [0, 0.1) is 5.92 Å². The van der Waals surface area contributed by atoms with Gasteiger partial charge in [0.1, 0.15) is 11.5 Å². The molecule has 0 amide bonds. The molecule has 0 bridgehead atoms. The summed E-state index contributed by atoms with van der Waals surface area (Å²) in [6.45, 7) is 5.91. The Hall–Kier alpha value is -1.26. The maximum Gasteiger partial charge on any atom is 0.123 e. The average molecular weight is 252 g/mol. The normalized spacial score (nSPS) is 13.2. The van der Waals surface area contributed by atoms with E-state index in [4.69, 9.17) is 0 Å². The van der Waals surface area contributed by atoms with Gasteiger partial charge in [-0.1, -0.05) is 19.9 Å². The number of phenols is 2. The van der Waals surface area contributed by atoms with Gasteiger partial charge in [-0.15, -0.1) is 0 Å². The van der Waals surface area contributed by atoms with Crippen molar-refractivity contribution >= 4 is 0 Å². The van der Waals surface area contributed by atoms with Gasteiger partial charge in [0.05, 0.1) is 0 Å². The molecular formula is C14H24N2O2. The Morgan fingerprint density at radius 1 is 1.22 bits per heavy atom. The quantitative estimate of drug-likeness (QED) is 0.722. The van der Waals surface area contributed by atoms with E-state index in [9.17, 15) is 10.2 Å². The number of nitrogens with zero attached hydrogens (tertiary/aromatic N) is 1. The standard InChI is InChI=1S/C14H24N2O2/c1-10(2)13(9-16(3)4)15-8-11-5-6-12(17)7-14(11)18/h5-7,10,13,15,17-18H,8-9H2,1-4H3. The smallest absolute Gasteiger partial charge is 0.123 e. The van der Waals surface area contributed by atoms with E-state index in [1.807, 2.05) is 0 Å². The molecule has 0 heterocycles. The maximum atomic E-state index is 9.71. The van der Waals surface area contributed by atoms with Crippen molar-refractivity contribution in [3.05, 3.63) is 23.8 Å². The van der Waals surface area contributed by atoms with Crippen molar-refractivity contribution in [2.75, 3.05) is 20.6 Å². The zero-order valence-corrected chi connectivity index (χ0v) is 11.6. The summed E-state index contributed by atoms with van der Waals surface area (Å²) in [4.78, 5) is 2.15. The lowest BCUT2D eigenvalue weighted by Gasteiger charge is -2.26. The Labute approximate surface area is 109 Å². The Morgan fingerprint density at radius 3 is 2.39 bits per heavy atom. The molecule has 1 aromatic carbocycles. The number of aromatic hydroxyl groups is 2. The molecule has 0 fully saturated rings. The minimum Gasteiger partial charge on any atom is -0.508 e. The second kappa shape index (κ2) is 6.61. The number of hydrogen-bond acceptors (Lipinski definition) is 4. The summed E-state index contributed by atoms with van der Waals surface area (Å²) < 4.78 is 0. The third-order valence-electron chi connectivity index (χ3n) is 2.99. The third-order valence-corrected chi connectivity index (χ3v) is 2.99. The van der Waals surface area contributed by atoms with Gasteiger partial charge in [0.15, 0.2) is 0 Å². The molecule has 1 unspecified atom stereocenters. The van der Waals surface area contributed by atoms with Crippen LogP contribution in [0.15, 0.2) is 18.2 Å². The van der Waals surface area contributed by atoms with Crippen molar-refractivity contribution in [2.45, 2.75) is 26.4 Å². The SMILES string of the molecule is CC(C)C(CN(C)C)NCc1ccc(O)cc1O. The van der Waals surface area contributed by atoms with Crippen LogP contribution in [0.5, 0.6) is 11.5 Å². The number of rotatable bonds is 6. The molecule has 0 aliphatic heterocycles. The number of likely N-dealkylation sites (N-methyl/N-ethyl adjacent to an activating group) is 1. The molecule has 18 heavy (non-hydrogen) atoms. The van der Waals surface area contributed by atoms with Crippen LogP contribution in [0.3, 0.4) is 0 Å². The first kappa shape index (κ1) is 14.8. The van der Waals surface area contributed by atoms with Gasteiger partial charge in [0.25, 0.3) is 0 Å². The predicted molar refractivity (Wildman–Crippen MR) is 73.8 cm³/mol. The van der Waals surface area contributed by atoms with Crippen LogP contribution < -0.4 is 5.32 Å². The lowest BCUT2D eigenvalue weighted by Crippen LogP contribution is -2.41. The topological polar surface area (TPSA) is 55.7 Å². The summed E-state index contributed by atoms with van der Waals surface area (Å²) in [5.41, 5.74) is 0.803. The van der Waals surface area contributed by atoms with E-state index in [0.717, 1.165) is 12.1 Å². The molecule has 0 aliphatic rings. The number of phenolic OH excluding ortho intramolecular Hbond substituents is 2. The molecule has 0 aliphatic carbocycles. The van der Waals surface area contributed by atoms with Crippen molar-refractivity contribution in [1.29, 1.82) is 0 Å². The lowest BCUT2D eigenvalue weighted by molar-refractivity contribution is 0.287. The van der Waals surface area contributed by atoms with E-state index in [1.54, 1.807) is 12.1 Å². The van der Waals surface area contributed by atoms with Gasteiger partial charge in [-0.2, -0.15) is 0 Å². The fraction of sp³-hybridized carbons (Fsp3) is 0.571. The highest BCUT2D eigenvalue weighted by Crippen LogP contribution is 2.22. The van der Waals surface area contributed by atoms with Crippen LogP contribution in [0.4, 0.5) is 0 Å². The predicted octanol–water partition coefficient (Wildman–Crippen LogP) is 1.77. The van der Waals surface area contributed by atoms with Gasteiger partial charge >= 0.3 is 0 Å². The summed E-state index contributed by atoms with van der Waals surface area (Å²) in [5.74, 6) is 0.742. The van der Waals surface area contributed by atoms with E-state index < -0.39 is 0 Å². The van der Waals surface area contributed by atoms with Crippen molar-refractivity contribution in [3.63, 3.8) is 0 Å². The molecule has 1 aromatic rings. The molecule has 102 valence electrons. The van der Waals surface area contributed by atoms with Crippen molar-refractivity contribution in [2.24, 2.45) is 5.92 Å². The highest BCUT2D eigenvalue weighted by atomic mass is 16.3. The van der Waals surface area contributed by atoms with Gasteiger partial charge in [0.2, 0.25) is 0 Å². The molecule has 4 heteroatoms. The molecule has 0 radical (unpaired) electrons. The molecule has 3 N–H and O–H groups in total. The van der Waals surface area contributed by atoms with E-state index in [1.165, 1.54) is 6.07 Å². The first-order valence-corrected chi connectivity index (χ1v) is 6.29. The van der Waals surface area contributed by atoms with Crippen LogP contribution in [0.25, 0.3) is 0 Å². The van der Waals surface area contributed by atoms with Crippen molar-refractivity contribution in [3.8, 4) is 11.5 Å². The number of hydrogen-bond donors (Lipinski definition) is 3. The first-order chi connectivity index (χ1) is 8.40. The minimum absolute atomic E-state index is 0.0879. The Bertz CT molecular complexity index is 378. The molecule has 0 saturated carbocycles. The monoisotopic (exact) mass is 252 g/mol. The molecule has 0 spiro atoms. The maximum absolute atomic E-state index is 9.71. The zero-order valence-electron chi connectivity index (χ0n) is 11.6. The molecule has 4 nitrogen and oxygen atoms in total. The van der Waals surface area contributed by atoms with Crippen LogP contribution in [0.2, 0.25) is 0 Å². The van der Waals surface area contributed by atoms with E-state index >= 15 is 0 Å².